The largest absolute Gasteiger partial charge is 0.490 e. The first-order valence-electron chi connectivity index (χ1n) is 6.80. The highest BCUT2D eigenvalue weighted by Gasteiger charge is 2.32. The number of alkyl halides is 3. The van der Waals surface area contributed by atoms with E-state index in [4.69, 9.17) is 5.84 Å². The van der Waals surface area contributed by atoms with Crippen molar-refractivity contribution in [2.45, 2.75) is 26.6 Å². The van der Waals surface area contributed by atoms with Crippen LogP contribution in [0.3, 0.4) is 0 Å². The van der Waals surface area contributed by atoms with Crippen LogP contribution in [0.2, 0.25) is 0 Å². The van der Waals surface area contributed by atoms with E-state index in [0.717, 1.165) is 23.1 Å². The van der Waals surface area contributed by atoms with Crippen molar-refractivity contribution in [2.24, 2.45) is 5.84 Å². The number of rotatable bonds is 4. The molecular weight excluding hydrogens is 345 g/mol. The maximum absolute atomic E-state index is 12.8. The number of amides is 1. The molecule has 0 bridgehead atoms. The smallest absolute Gasteiger partial charge is 0.390 e. The number of benzene rings is 1. The Morgan fingerprint density at radius 1 is 1.36 bits per heavy atom. The van der Waals surface area contributed by atoms with Gasteiger partial charge in [-0.3, -0.25) is 4.79 Å². The van der Waals surface area contributed by atoms with Crippen molar-refractivity contribution >= 4 is 17.5 Å². The summed E-state index contributed by atoms with van der Waals surface area (Å²) in [4.78, 5) is 25.3. The number of hydrogen-bond acceptors (Lipinski definition) is 6. The number of nitrogens with zero attached hydrogens (tertiary/aromatic N) is 5. The van der Waals surface area contributed by atoms with E-state index in [9.17, 15) is 28.1 Å². The fraction of sp³-hybridized carbons (Fsp3) is 0.308. The summed E-state index contributed by atoms with van der Waals surface area (Å²) in [5.74, 6) is 4.31. The Labute approximate surface area is 139 Å². The Morgan fingerprint density at radius 3 is 2.36 bits per heavy atom. The first-order chi connectivity index (χ1) is 11.5. The predicted octanol–water partition coefficient (Wildman–Crippen LogP) is 1.73. The molecule has 0 aliphatic carbocycles. The summed E-state index contributed by atoms with van der Waals surface area (Å²) in [7, 11) is 0. The molecule has 1 amide bonds. The topological polar surface area (TPSA) is 120 Å². The minimum atomic E-state index is -4.52. The summed E-state index contributed by atoms with van der Waals surface area (Å²) in [6.07, 6.45) is -3.53. The van der Waals surface area contributed by atoms with Gasteiger partial charge in [-0.1, -0.05) is 4.98 Å². The van der Waals surface area contributed by atoms with Gasteiger partial charge in [-0.2, -0.15) is 17.9 Å². The number of aryl methyl sites for hydroxylation is 2. The lowest BCUT2D eigenvalue weighted by atomic mass is 10.0. The van der Waals surface area contributed by atoms with Crippen LogP contribution in [0.15, 0.2) is 18.5 Å². The second-order valence-electron chi connectivity index (χ2n) is 5.22. The van der Waals surface area contributed by atoms with Crippen LogP contribution in [0.4, 0.5) is 24.8 Å². The molecule has 0 saturated carbocycles. The second-order valence-corrected chi connectivity index (χ2v) is 5.22. The highest BCUT2D eigenvalue weighted by molar-refractivity contribution is 5.93. The lowest BCUT2D eigenvalue weighted by molar-refractivity contribution is -0.394. The molecule has 2 rings (SSSR count). The normalized spacial score (nSPS) is 11.4. The summed E-state index contributed by atoms with van der Waals surface area (Å²) in [6.45, 7) is 2.33. The van der Waals surface area contributed by atoms with Crippen LogP contribution < -0.4 is 10.9 Å². The third-order valence-corrected chi connectivity index (χ3v) is 3.31. The molecule has 25 heavy (non-hydrogen) atoms. The molecule has 0 atom stereocenters. The molecule has 9 nitrogen and oxygen atoms in total. The summed E-state index contributed by atoms with van der Waals surface area (Å²) in [5.41, 5.74) is -0.410. The molecule has 134 valence electrons. The van der Waals surface area contributed by atoms with Crippen LogP contribution in [0.25, 0.3) is 0 Å². The third-order valence-electron chi connectivity index (χ3n) is 3.31. The van der Waals surface area contributed by atoms with E-state index in [1.807, 2.05) is 0 Å². The van der Waals surface area contributed by atoms with Gasteiger partial charge in [-0.05, 0) is 42.0 Å². The van der Waals surface area contributed by atoms with Gasteiger partial charge in [0.05, 0.1) is 11.3 Å². The van der Waals surface area contributed by atoms with Crippen LogP contribution in [0, 0.1) is 24.0 Å². The molecule has 0 spiro atoms. The quantitative estimate of drug-likeness (QED) is 0.385. The van der Waals surface area contributed by atoms with E-state index in [2.05, 4.69) is 10.1 Å². The lowest BCUT2D eigenvalue weighted by Crippen LogP contribution is -2.41. The van der Waals surface area contributed by atoms with Gasteiger partial charge < -0.3 is 10.1 Å². The number of halogens is 3. The number of nitrogens with two attached hydrogens (primary N) is 1. The number of hydrazine groups is 1. The van der Waals surface area contributed by atoms with E-state index in [0.29, 0.717) is 5.01 Å². The molecule has 0 aliphatic rings. The van der Waals surface area contributed by atoms with Crippen molar-refractivity contribution in [3.63, 3.8) is 0 Å². The second kappa shape index (κ2) is 6.47. The first-order valence-corrected chi connectivity index (χ1v) is 6.80. The Balaban J connectivity index is 2.25. The number of anilines is 1. The van der Waals surface area contributed by atoms with Gasteiger partial charge in [0, 0.05) is 5.10 Å². The molecule has 1 aromatic heterocycles. The molecule has 12 heteroatoms. The molecule has 1 aromatic carbocycles. The zero-order chi connectivity index (χ0) is 18.9. The van der Waals surface area contributed by atoms with E-state index < -0.39 is 35.1 Å². The van der Waals surface area contributed by atoms with Crippen LogP contribution in [-0.4, -0.2) is 25.6 Å². The number of carbonyl (C=O) groups excluding carboxylic acids is 1. The Bertz CT molecular complexity index is 810. The van der Waals surface area contributed by atoms with E-state index in [-0.39, 0.29) is 16.8 Å². The van der Waals surface area contributed by atoms with Crippen LogP contribution >= 0.6 is 0 Å². The minimum absolute atomic E-state index is 0.118. The van der Waals surface area contributed by atoms with Crippen LogP contribution in [0.1, 0.15) is 16.7 Å². The Kier molecular flexibility index (Phi) is 4.74. The highest BCUT2D eigenvalue weighted by Crippen LogP contribution is 2.34. The van der Waals surface area contributed by atoms with Crippen molar-refractivity contribution in [3.05, 3.63) is 45.3 Å². The molecule has 0 radical (unpaired) electrons. The van der Waals surface area contributed by atoms with Crippen molar-refractivity contribution in [1.29, 1.82) is 0 Å². The van der Waals surface area contributed by atoms with Crippen molar-refractivity contribution in [2.75, 3.05) is 5.01 Å². The van der Waals surface area contributed by atoms with Gasteiger partial charge in [0.25, 0.3) is 5.91 Å². The van der Waals surface area contributed by atoms with Gasteiger partial charge in [0.2, 0.25) is 6.33 Å². The Morgan fingerprint density at radius 2 is 1.92 bits per heavy atom. The predicted molar refractivity (Wildman–Crippen MR) is 79.3 cm³/mol. The number of aromatic nitrogens is 3. The monoisotopic (exact) mass is 358 g/mol. The molecule has 0 fully saturated rings. The van der Waals surface area contributed by atoms with E-state index in [1.54, 1.807) is 0 Å². The van der Waals surface area contributed by atoms with Crippen LogP contribution in [-0.2, 0) is 17.5 Å². The zero-order valence-corrected chi connectivity index (χ0v) is 13.1. The zero-order valence-electron chi connectivity index (χ0n) is 13.1. The van der Waals surface area contributed by atoms with E-state index >= 15 is 0 Å². The molecule has 1 heterocycles. The van der Waals surface area contributed by atoms with Gasteiger partial charge in [-0.25, -0.2) is 10.9 Å². The summed E-state index contributed by atoms with van der Waals surface area (Å²) in [6, 6.07) is 1.77. The van der Waals surface area contributed by atoms with Crippen molar-refractivity contribution in [1.82, 2.24) is 14.8 Å². The maximum Gasteiger partial charge on any atom is 0.490 e. The highest BCUT2D eigenvalue weighted by atomic mass is 19.4. The molecule has 2 aromatic rings. The fourth-order valence-corrected chi connectivity index (χ4v) is 2.28. The average Bonchev–Trinajstić information content (AvgIpc) is 2.94. The standard InChI is InChI=1S/C13H13F3N6O3/c1-7-3-9(13(14,15)16)4-8(2)11(7)21(17)10(23)5-20-6-18-12(19-20)22(24)25/h3-4,6H,5,17H2,1-2H3. The minimum Gasteiger partial charge on any atom is -0.390 e. The van der Waals surface area contributed by atoms with Gasteiger partial charge in [-0.15, -0.1) is 0 Å². The number of carbonyl (C=O) groups is 1. The SMILES string of the molecule is Cc1cc(C(F)(F)F)cc(C)c1N(N)C(=O)Cn1cnc([N+](=O)[O-])n1. The van der Waals surface area contributed by atoms with Crippen LogP contribution in [0.5, 0.6) is 0 Å². The number of hydrogen-bond donors (Lipinski definition) is 1. The fourth-order valence-electron chi connectivity index (χ4n) is 2.28. The number of nitro groups is 1. The van der Waals surface area contributed by atoms with Crippen molar-refractivity contribution < 1.29 is 22.9 Å². The molecule has 2 N–H and O–H groups in total. The summed E-state index contributed by atoms with van der Waals surface area (Å²) < 4.78 is 39.3. The summed E-state index contributed by atoms with van der Waals surface area (Å²) >= 11 is 0. The summed E-state index contributed by atoms with van der Waals surface area (Å²) in [5, 5.41) is 14.7. The lowest BCUT2D eigenvalue weighted by Gasteiger charge is -2.22. The molecule has 0 unspecified atom stereocenters. The Hall–Kier alpha value is -3.02. The third kappa shape index (κ3) is 3.91. The van der Waals surface area contributed by atoms with E-state index in [1.165, 1.54) is 13.8 Å². The first kappa shape index (κ1) is 18.3. The average molecular weight is 358 g/mol. The van der Waals surface area contributed by atoms with Gasteiger partial charge in [0.15, 0.2) is 0 Å². The maximum atomic E-state index is 12.8. The van der Waals surface area contributed by atoms with Gasteiger partial charge >= 0.3 is 12.1 Å². The molecular formula is C13H13F3N6O3. The molecule has 0 saturated heterocycles. The van der Waals surface area contributed by atoms with Gasteiger partial charge in [0.1, 0.15) is 6.54 Å². The molecule has 0 aliphatic heterocycles. The van der Waals surface area contributed by atoms with Crippen molar-refractivity contribution in [3.8, 4) is 0 Å².